The van der Waals surface area contributed by atoms with E-state index in [9.17, 15) is 19.5 Å². The number of fused-ring (bicyclic) bond motifs is 3. The van der Waals surface area contributed by atoms with Gasteiger partial charge in [0.15, 0.2) is 0 Å². The van der Waals surface area contributed by atoms with Crippen molar-refractivity contribution in [1.29, 1.82) is 0 Å². The zero-order valence-corrected chi connectivity index (χ0v) is 23.1. The van der Waals surface area contributed by atoms with Gasteiger partial charge in [0.2, 0.25) is 5.91 Å². The van der Waals surface area contributed by atoms with Gasteiger partial charge in [0.1, 0.15) is 12.6 Å². The van der Waals surface area contributed by atoms with Crippen LogP contribution in [0.15, 0.2) is 78.9 Å². The molecule has 4 atom stereocenters. The molecule has 0 bridgehead atoms. The Balaban J connectivity index is 1.26. The highest BCUT2D eigenvalue weighted by Gasteiger charge is 2.35. The maximum atomic E-state index is 13.5. The average Bonchev–Trinajstić information content (AvgIpc) is 3.55. The number of rotatable bonds is 11. The normalized spacial score (nSPS) is 19.0. The van der Waals surface area contributed by atoms with Crippen LogP contribution in [-0.4, -0.2) is 47.9 Å². The molecule has 0 saturated heterocycles. The smallest absolute Gasteiger partial charge is 0.407 e. The van der Waals surface area contributed by atoms with Gasteiger partial charge < -0.3 is 25.2 Å². The van der Waals surface area contributed by atoms with Crippen LogP contribution in [0.5, 0.6) is 0 Å². The lowest BCUT2D eigenvalue weighted by molar-refractivity contribution is -0.138. The predicted molar refractivity (Wildman–Crippen MR) is 154 cm³/mol. The minimum absolute atomic E-state index is 0.00448. The summed E-state index contributed by atoms with van der Waals surface area (Å²) in [6, 6.07) is 24.5. The lowest BCUT2D eigenvalue weighted by atomic mass is 9.98. The largest absolute Gasteiger partial charge is 0.481 e. The first-order chi connectivity index (χ1) is 19.9. The van der Waals surface area contributed by atoms with Crippen molar-refractivity contribution >= 4 is 18.0 Å². The Morgan fingerprint density at radius 2 is 1.54 bits per heavy atom. The van der Waals surface area contributed by atoms with Gasteiger partial charge in [-0.1, -0.05) is 85.3 Å². The summed E-state index contributed by atoms with van der Waals surface area (Å²) in [7, 11) is 0. The highest BCUT2D eigenvalue weighted by Crippen LogP contribution is 2.44. The maximum Gasteiger partial charge on any atom is 0.407 e. The molecule has 1 fully saturated rings. The molecule has 214 valence electrons. The molecule has 0 heterocycles. The second-order valence-electron chi connectivity index (χ2n) is 10.9. The zero-order chi connectivity index (χ0) is 28.8. The van der Waals surface area contributed by atoms with Gasteiger partial charge in [0.25, 0.3) is 0 Å². The van der Waals surface area contributed by atoms with Crippen molar-refractivity contribution < 1.29 is 29.0 Å². The summed E-state index contributed by atoms with van der Waals surface area (Å²) in [6.45, 7) is 2.13. The fourth-order valence-corrected chi connectivity index (χ4v) is 6.03. The van der Waals surface area contributed by atoms with Crippen LogP contribution in [0.4, 0.5) is 4.79 Å². The van der Waals surface area contributed by atoms with Gasteiger partial charge in [-0.25, -0.2) is 4.79 Å². The molecular formula is C33H36N2O6. The van der Waals surface area contributed by atoms with Gasteiger partial charge in [0.05, 0.1) is 19.1 Å². The molecule has 0 aliphatic heterocycles. The Morgan fingerprint density at radius 1 is 0.902 bits per heavy atom. The molecule has 41 heavy (non-hydrogen) atoms. The summed E-state index contributed by atoms with van der Waals surface area (Å²) in [5.41, 5.74) is 5.40. The molecule has 8 nitrogen and oxygen atoms in total. The molecule has 2 amide bonds. The van der Waals surface area contributed by atoms with Crippen molar-refractivity contribution in [2.75, 3.05) is 6.61 Å². The average molecular weight is 557 g/mol. The van der Waals surface area contributed by atoms with Crippen LogP contribution in [0.1, 0.15) is 55.2 Å². The van der Waals surface area contributed by atoms with Crippen molar-refractivity contribution in [2.45, 2.75) is 63.3 Å². The van der Waals surface area contributed by atoms with E-state index in [1.54, 1.807) is 6.92 Å². The molecule has 2 unspecified atom stereocenters. The first-order valence-corrected chi connectivity index (χ1v) is 14.2. The molecule has 3 aromatic rings. The van der Waals surface area contributed by atoms with Gasteiger partial charge in [-0.2, -0.15) is 0 Å². The Labute approximate surface area is 240 Å². The van der Waals surface area contributed by atoms with Crippen LogP contribution in [0.3, 0.4) is 0 Å². The summed E-state index contributed by atoms with van der Waals surface area (Å²) in [4.78, 5) is 37.9. The predicted octanol–water partition coefficient (Wildman–Crippen LogP) is 5.26. The number of hydrogen-bond acceptors (Lipinski definition) is 5. The number of ether oxygens (including phenoxy) is 2. The van der Waals surface area contributed by atoms with E-state index in [0.717, 1.165) is 40.7 Å². The number of alkyl carbamates (subject to hydrolysis) is 1. The van der Waals surface area contributed by atoms with Crippen LogP contribution in [-0.2, 0) is 25.7 Å². The number of aliphatic carboxylic acids is 1. The number of carbonyl (C=O) groups excluding carboxylic acids is 2. The van der Waals surface area contributed by atoms with E-state index in [-0.39, 0.29) is 37.5 Å². The standard InChI is InChI=1S/C33H36N2O6/c1-21(40-19-22-10-3-2-4-11-22)31(32(38)34-29-17-9-12-23(29)18-30(36)37)35-33(39)41-20-28-26-15-7-5-13-24(26)25-14-6-8-16-27(25)28/h2-8,10-11,13-16,21,23,28-29,31H,9,12,17-20H2,1H3,(H,34,38)(H,35,39)(H,36,37)/t21-,23?,29?,31+/m0/s1. The van der Waals surface area contributed by atoms with E-state index in [2.05, 4.69) is 22.8 Å². The molecule has 2 aliphatic rings. The van der Waals surface area contributed by atoms with Crippen LogP contribution < -0.4 is 10.6 Å². The Bertz CT molecular complexity index is 1330. The van der Waals surface area contributed by atoms with Gasteiger partial charge in [-0.05, 0) is 53.5 Å². The molecule has 5 rings (SSSR count). The summed E-state index contributed by atoms with van der Waals surface area (Å²) in [5, 5.41) is 15.0. The van der Waals surface area contributed by atoms with E-state index < -0.39 is 30.1 Å². The molecule has 0 spiro atoms. The van der Waals surface area contributed by atoms with Gasteiger partial charge in [0, 0.05) is 12.0 Å². The van der Waals surface area contributed by atoms with E-state index in [4.69, 9.17) is 9.47 Å². The third-order valence-electron chi connectivity index (χ3n) is 8.15. The molecule has 3 N–H and O–H groups in total. The monoisotopic (exact) mass is 556 g/mol. The van der Waals surface area contributed by atoms with Gasteiger partial charge in [-0.15, -0.1) is 0 Å². The Hall–Kier alpha value is -4.17. The maximum absolute atomic E-state index is 13.5. The lowest BCUT2D eigenvalue weighted by Crippen LogP contribution is -2.55. The van der Waals surface area contributed by atoms with E-state index >= 15 is 0 Å². The second-order valence-corrected chi connectivity index (χ2v) is 10.9. The van der Waals surface area contributed by atoms with Crippen molar-refractivity contribution in [3.63, 3.8) is 0 Å². The minimum Gasteiger partial charge on any atom is -0.481 e. The molecule has 0 radical (unpaired) electrons. The number of carbonyl (C=O) groups is 3. The minimum atomic E-state index is -1.03. The fourth-order valence-electron chi connectivity index (χ4n) is 6.03. The molecule has 0 aromatic heterocycles. The quantitative estimate of drug-likeness (QED) is 0.297. The number of carboxylic acid groups (broad SMARTS) is 1. The molecule has 3 aromatic carbocycles. The topological polar surface area (TPSA) is 114 Å². The van der Waals surface area contributed by atoms with Crippen molar-refractivity contribution in [1.82, 2.24) is 10.6 Å². The molecule has 2 aliphatic carbocycles. The first-order valence-electron chi connectivity index (χ1n) is 14.2. The lowest BCUT2D eigenvalue weighted by Gasteiger charge is -2.28. The molecule has 8 heteroatoms. The van der Waals surface area contributed by atoms with Crippen molar-refractivity contribution in [2.24, 2.45) is 5.92 Å². The fraction of sp³-hybridized carbons (Fsp3) is 0.364. The van der Waals surface area contributed by atoms with Crippen LogP contribution in [0.2, 0.25) is 0 Å². The van der Waals surface area contributed by atoms with Gasteiger partial charge >= 0.3 is 12.1 Å². The third kappa shape index (κ3) is 6.77. The number of benzene rings is 3. The number of amides is 2. The third-order valence-corrected chi connectivity index (χ3v) is 8.15. The van der Waals surface area contributed by atoms with E-state index in [1.165, 1.54) is 0 Å². The van der Waals surface area contributed by atoms with Crippen molar-refractivity contribution in [3.05, 3.63) is 95.6 Å². The highest BCUT2D eigenvalue weighted by molar-refractivity contribution is 5.86. The summed E-state index contributed by atoms with van der Waals surface area (Å²) >= 11 is 0. The van der Waals surface area contributed by atoms with E-state index in [0.29, 0.717) is 6.42 Å². The van der Waals surface area contributed by atoms with Crippen LogP contribution in [0, 0.1) is 5.92 Å². The van der Waals surface area contributed by atoms with Crippen LogP contribution >= 0.6 is 0 Å². The Morgan fingerprint density at radius 3 is 2.20 bits per heavy atom. The summed E-state index contributed by atoms with van der Waals surface area (Å²) in [6.07, 6.45) is 0.886. The number of carboxylic acids is 1. The zero-order valence-electron chi connectivity index (χ0n) is 23.1. The first kappa shape index (κ1) is 28.4. The Kier molecular flexibility index (Phi) is 8.99. The van der Waals surface area contributed by atoms with Crippen molar-refractivity contribution in [3.8, 4) is 11.1 Å². The molecular weight excluding hydrogens is 520 g/mol. The summed E-state index contributed by atoms with van der Waals surface area (Å²) < 4.78 is 11.7. The highest BCUT2D eigenvalue weighted by atomic mass is 16.5. The molecule has 1 saturated carbocycles. The van der Waals surface area contributed by atoms with Crippen LogP contribution in [0.25, 0.3) is 11.1 Å². The SMILES string of the molecule is C[C@H](OCc1ccccc1)[C@@H](NC(=O)OCC1c2ccccc2-c2ccccc21)C(=O)NC1CCCC1CC(=O)O. The number of nitrogens with one attached hydrogen (secondary N) is 2. The van der Waals surface area contributed by atoms with Gasteiger partial charge in [-0.3, -0.25) is 9.59 Å². The summed E-state index contributed by atoms with van der Waals surface area (Å²) in [5.74, 6) is -1.56. The second kappa shape index (κ2) is 13.0. The number of hydrogen-bond donors (Lipinski definition) is 3. The van der Waals surface area contributed by atoms with E-state index in [1.807, 2.05) is 66.7 Å².